The number of halogens is 1. The molecule has 0 aromatic heterocycles. The van der Waals surface area contributed by atoms with Gasteiger partial charge in [-0.15, -0.1) is 0 Å². The van der Waals surface area contributed by atoms with E-state index in [0.717, 1.165) is 12.0 Å². The third-order valence-corrected chi connectivity index (χ3v) is 3.08. The fourth-order valence-corrected chi connectivity index (χ4v) is 1.65. The lowest BCUT2D eigenvalue weighted by Gasteiger charge is -2.07. The Morgan fingerprint density at radius 3 is 2.87 bits per heavy atom. The van der Waals surface area contributed by atoms with Gasteiger partial charge < -0.3 is 11.1 Å². The number of benzene rings is 1. The van der Waals surface area contributed by atoms with E-state index in [0.29, 0.717) is 10.6 Å². The molecule has 0 heterocycles. The molecular formula is C11H13ClN2O. The molecule has 0 bridgehead atoms. The predicted octanol–water partition coefficient (Wildman–Crippen LogP) is 1.48. The molecule has 1 aliphatic carbocycles. The van der Waals surface area contributed by atoms with E-state index in [-0.39, 0.29) is 18.0 Å². The first-order valence-electron chi connectivity index (χ1n) is 4.91. The maximum absolute atomic E-state index is 11.8. The van der Waals surface area contributed by atoms with Crippen LogP contribution in [0.2, 0.25) is 5.02 Å². The zero-order valence-electron chi connectivity index (χ0n) is 8.46. The molecule has 2 atom stereocenters. The second-order valence-electron chi connectivity index (χ2n) is 3.89. The summed E-state index contributed by atoms with van der Waals surface area (Å²) in [5.41, 5.74) is 7.06. The zero-order chi connectivity index (χ0) is 11.0. The van der Waals surface area contributed by atoms with Crippen molar-refractivity contribution in [3.63, 3.8) is 0 Å². The van der Waals surface area contributed by atoms with E-state index >= 15 is 0 Å². The number of nitrogens with two attached hydrogens (primary N) is 1. The topological polar surface area (TPSA) is 55.1 Å². The van der Waals surface area contributed by atoms with Gasteiger partial charge in [0, 0.05) is 22.7 Å². The molecule has 3 N–H and O–H groups in total. The van der Waals surface area contributed by atoms with Gasteiger partial charge in [-0.3, -0.25) is 4.79 Å². The summed E-state index contributed by atoms with van der Waals surface area (Å²) in [5.74, 6) is -0.0899. The van der Waals surface area contributed by atoms with Crippen molar-refractivity contribution in [2.24, 2.45) is 5.73 Å². The highest BCUT2D eigenvalue weighted by Gasteiger charge is 2.35. The minimum absolute atomic E-state index is 0.0899. The van der Waals surface area contributed by atoms with E-state index in [1.165, 1.54) is 0 Å². The molecule has 80 valence electrons. The van der Waals surface area contributed by atoms with Gasteiger partial charge in [0.25, 0.3) is 5.91 Å². The summed E-state index contributed by atoms with van der Waals surface area (Å²) in [6.45, 7) is 1.84. The SMILES string of the molecule is Cc1c(Cl)cccc1C(=O)NC1CC1N. The molecule has 0 radical (unpaired) electrons. The first-order valence-corrected chi connectivity index (χ1v) is 5.29. The average molecular weight is 225 g/mol. The molecule has 1 aromatic rings. The van der Waals surface area contributed by atoms with E-state index < -0.39 is 0 Å². The number of carbonyl (C=O) groups excluding carboxylic acids is 1. The molecule has 2 rings (SSSR count). The van der Waals surface area contributed by atoms with Crippen molar-refractivity contribution in [2.45, 2.75) is 25.4 Å². The Kier molecular flexibility index (Phi) is 2.67. The maximum Gasteiger partial charge on any atom is 0.251 e. The van der Waals surface area contributed by atoms with E-state index in [9.17, 15) is 4.79 Å². The Labute approximate surface area is 93.6 Å². The van der Waals surface area contributed by atoms with Crippen molar-refractivity contribution in [3.05, 3.63) is 34.3 Å². The quantitative estimate of drug-likeness (QED) is 0.800. The fourth-order valence-electron chi connectivity index (χ4n) is 1.48. The minimum atomic E-state index is -0.0899. The van der Waals surface area contributed by atoms with Gasteiger partial charge in [-0.05, 0) is 31.0 Å². The van der Waals surface area contributed by atoms with Crippen molar-refractivity contribution >= 4 is 17.5 Å². The smallest absolute Gasteiger partial charge is 0.251 e. The number of nitrogens with one attached hydrogen (secondary N) is 1. The molecule has 1 aliphatic rings. The number of amides is 1. The number of hydrogen-bond acceptors (Lipinski definition) is 2. The molecule has 0 saturated heterocycles. The number of hydrogen-bond donors (Lipinski definition) is 2. The summed E-state index contributed by atoms with van der Waals surface area (Å²) < 4.78 is 0. The van der Waals surface area contributed by atoms with E-state index in [1.807, 2.05) is 6.92 Å². The fraction of sp³-hybridized carbons (Fsp3) is 0.364. The Bertz CT molecular complexity index is 406. The second kappa shape index (κ2) is 3.83. The summed E-state index contributed by atoms with van der Waals surface area (Å²) in [7, 11) is 0. The van der Waals surface area contributed by atoms with E-state index in [2.05, 4.69) is 5.32 Å². The largest absolute Gasteiger partial charge is 0.348 e. The number of carbonyl (C=O) groups is 1. The summed E-state index contributed by atoms with van der Waals surface area (Å²) in [5, 5.41) is 3.48. The van der Waals surface area contributed by atoms with E-state index in [4.69, 9.17) is 17.3 Å². The van der Waals surface area contributed by atoms with Gasteiger partial charge >= 0.3 is 0 Å². The summed E-state index contributed by atoms with van der Waals surface area (Å²) in [6.07, 6.45) is 0.866. The molecule has 0 spiro atoms. The molecule has 0 aliphatic heterocycles. The summed E-state index contributed by atoms with van der Waals surface area (Å²) >= 11 is 5.93. The molecule has 1 saturated carbocycles. The van der Waals surface area contributed by atoms with Crippen LogP contribution in [0.15, 0.2) is 18.2 Å². The second-order valence-corrected chi connectivity index (χ2v) is 4.30. The lowest BCUT2D eigenvalue weighted by atomic mass is 10.1. The van der Waals surface area contributed by atoms with Gasteiger partial charge in [0.15, 0.2) is 0 Å². The Morgan fingerprint density at radius 2 is 2.27 bits per heavy atom. The van der Waals surface area contributed by atoms with Crippen LogP contribution in [-0.4, -0.2) is 18.0 Å². The van der Waals surface area contributed by atoms with Crippen molar-refractivity contribution in [1.82, 2.24) is 5.32 Å². The van der Waals surface area contributed by atoms with Gasteiger partial charge in [0.1, 0.15) is 0 Å². The third kappa shape index (κ3) is 2.13. The Balaban J connectivity index is 2.14. The molecule has 2 unspecified atom stereocenters. The summed E-state index contributed by atoms with van der Waals surface area (Å²) in [6, 6.07) is 5.57. The highest BCUT2D eigenvalue weighted by molar-refractivity contribution is 6.31. The molecule has 3 nitrogen and oxygen atoms in total. The predicted molar refractivity (Wildman–Crippen MR) is 60.0 cm³/mol. The standard InChI is InChI=1S/C11H13ClN2O/c1-6-7(3-2-4-8(6)12)11(15)14-10-5-9(10)13/h2-4,9-10H,5,13H2,1H3,(H,14,15). The van der Waals surface area contributed by atoms with Crippen molar-refractivity contribution in [3.8, 4) is 0 Å². The third-order valence-electron chi connectivity index (χ3n) is 2.67. The van der Waals surface area contributed by atoms with Crippen molar-refractivity contribution < 1.29 is 4.79 Å². The molecule has 4 heteroatoms. The van der Waals surface area contributed by atoms with Crippen LogP contribution in [0.5, 0.6) is 0 Å². The van der Waals surface area contributed by atoms with Crippen molar-refractivity contribution in [1.29, 1.82) is 0 Å². The van der Waals surface area contributed by atoms with Crippen LogP contribution in [-0.2, 0) is 0 Å². The highest BCUT2D eigenvalue weighted by Crippen LogP contribution is 2.21. The van der Waals surface area contributed by atoms with Crippen LogP contribution in [0.1, 0.15) is 22.3 Å². The molecular weight excluding hydrogens is 212 g/mol. The normalized spacial score (nSPS) is 23.7. The number of rotatable bonds is 2. The van der Waals surface area contributed by atoms with Crippen LogP contribution < -0.4 is 11.1 Å². The summed E-state index contributed by atoms with van der Waals surface area (Å²) in [4.78, 5) is 11.8. The Hall–Kier alpha value is -1.06. The van der Waals surface area contributed by atoms with Crippen LogP contribution in [0.3, 0.4) is 0 Å². The van der Waals surface area contributed by atoms with Gasteiger partial charge in [-0.2, -0.15) is 0 Å². The minimum Gasteiger partial charge on any atom is -0.348 e. The van der Waals surface area contributed by atoms with Gasteiger partial charge in [0.05, 0.1) is 0 Å². The lowest BCUT2D eigenvalue weighted by molar-refractivity contribution is 0.0949. The van der Waals surface area contributed by atoms with Crippen LogP contribution in [0, 0.1) is 6.92 Å². The molecule has 15 heavy (non-hydrogen) atoms. The monoisotopic (exact) mass is 224 g/mol. The van der Waals surface area contributed by atoms with Crippen LogP contribution in [0.25, 0.3) is 0 Å². The van der Waals surface area contributed by atoms with Gasteiger partial charge in [-0.1, -0.05) is 17.7 Å². The molecule has 1 amide bonds. The lowest BCUT2D eigenvalue weighted by Crippen LogP contribution is -2.30. The average Bonchev–Trinajstić information content (AvgIpc) is 2.86. The van der Waals surface area contributed by atoms with Crippen LogP contribution in [0.4, 0.5) is 0 Å². The first kappa shape index (κ1) is 10.5. The highest BCUT2D eigenvalue weighted by atomic mass is 35.5. The zero-order valence-corrected chi connectivity index (χ0v) is 9.21. The van der Waals surface area contributed by atoms with Crippen LogP contribution >= 0.6 is 11.6 Å². The molecule has 1 fully saturated rings. The van der Waals surface area contributed by atoms with Gasteiger partial charge in [-0.25, -0.2) is 0 Å². The van der Waals surface area contributed by atoms with Gasteiger partial charge in [0.2, 0.25) is 0 Å². The maximum atomic E-state index is 11.8. The first-order chi connectivity index (χ1) is 7.09. The molecule has 1 aromatic carbocycles. The van der Waals surface area contributed by atoms with E-state index in [1.54, 1.807) is 18.2 Å². The Morgan fingerprint density at radius 1 is 1.60 bits per heavy atom. The van der Waals surface area contributed by atoms with Crippen molar-refractivity contribution in [2.75, 3.05) is 0 Å².